The van der Waals surface area contributed by atoms with E-state index in [9.17, 15) is 4.79 Å². The highest BCUT2D eigenvalue weighted by Gasteiger charge is 2.34. The minimum Gasteiger partial charge on any atom is -0.497 e. The highest BCUT2D eigenvalue weighted by molar-refractivity contribution is 5.85. The maximum atomic E-state index is 13.6. The van der Waals surface area contributed by atoms with Gasteiger partial charge in [0, 0.05) is 43.8 Å². The minimum absolute atomic E-state index is 0. The molecule has 2 aliphatic rings. The van der Waals surface area contributed by atoms with Gasteiger partial charge in [-0.1, -0.05) is 44.4 Å². The number of aromatic amines is 1. The van der Waals surface area contributed by atoms with Crippen molar-refractivity contribution in [2.45, 2.75) is 64.1 Å². The maximum absolute atomic E-state index is 13.6. The molecule has 0 radical (unpaired) electrons. The minimum atomic E-state index is -0.311. The summed E-state index contributed by atoms with van der Waals surface area (Å²) in [6.07, 6.45) is 6.74. The van der Waals surface area contributed by atoms with Crippen LogP contribution in [0, 0.1) is 0 Å². The molecule has 9 nitrogen and oxygen atoms in total. The van der Waals surface area contributed by atoms with Crippen LogP contribution >= 0.6 is 12.4 Å². The fraction of sp³-hybridized carbons (Fsp3) is 0.484. The molecule has 6 rings (SSSR count). The Kier molecular flexibility index (Phi) is 9.37. The van der Waals surface area contributed by atoms with Gasteiger partial charge in [-0.2, -0.15) is 0 Å². The standard InChI is InChI=1S/C31H39N7O2.ClH/c1-3-22-12-13-28-24(18-22)20-27(31(39)32-28)29(30-33-34-35-38(30)25-9-5-4-6-10-25)37-16-14-36(15-17-37)21-23-8-7-11-26(19-23)40-2;/h7-8,11-13,18-20,25,29H,3-6,9-10,14-17,21H2,1-2H3,(H,32,39);1H. The Morgan fingerprint density at radius 1 is 1.00 bits per heavy atom. The van der Waals surface area contributed by atoms with Crippen LogP contribution in [0.25, 0.3) is 10.9 Å². The van der Waals surface area contributed by atoms with E-state index in [0.717, 1.165) is 74.5 Å². The number of halogens is 1. The molecule has 0 spiro atoms. The topological polar surface area (TPSA) is 92.2 Å². The Balaban J connectivity index is 0.00000337. The molecule has 41 heavy (non-hydrogen) atoms. The highest BCUT2D eigenvalue weighted by atomic mass is 35.5. The summed E-state index contributed by atoms with van der Waals surface area (Å²) in [5.74, 6) is 1.66. The van der Waals surface area contributed by atoms with Gasteiger partial charge >= 0.3 is 0 Å². The third-order valence-electron chi connectivity index (χ3n) is 8.64. The fourth-order valence-corrected chi connectivity index (χ4v) is 6.37. The molecule has 1 saturated carbocycles. The van der Waals surface area contributed by atoms with E-state index in [1.165, 1.54) is 30.4 Å². The molecule has 218 valence electrons. The second-order valence-electron chi connectivity index (χ2n) is 11.2. The van der Waals surface area contributed by atoms with Crippen LogP contribution in [0.5, 0.6) is 5.75 Å². The lowest BCUT2D eigenvalue weighted by Crippen LogP contribution is -2.48. The van der Waals surface area contributed by atoms with Gasteiger partial charge in [-0.15, -0.1) is 17.5 Å². The van der Waals surface area contributed by atoms with Crippen LogP contribution in [-0.4, -0.2) is 68.3 Å². The molecule has 1 atom stereocenters. The zero-order valence-corrected chi connectivity index (χ0v) is 24.8. The first-order valence-corrected chi connectivity index (χ1v) is 14.7. The van der Waals surface area contributed by atoms with Crippen molar-refractivity contribution in [2.24, 2.45) is 0 Å². The highest BCUT2D eigenvalue weighted by Crippen LogP contribution is 2.33. The summed E-state index contributed by atoms with van der Waals surface area (Å²) in [6, 6.07) is 16.6. The molecular formula is C31H40ClN7O2. The number of tetrazole rings is 1. The Morgan fingerprint density at radius 3 is 2.56 bits per heavy atom. The van der Waals surface area contributed by atoms with Crippen molar-refractivity contribution < 1.29 is 4.74 Å². The Morgan fingerprint density at radius 2 is 1.80 bits per heavy atom. The van der Waals surface area contributed by atoms with E-state index in [4.69, 9.17) is 4.74 Å². The second-order valence-corrected chi connectivity index (χ2v) is 11.2. The van der Waals surface area contributed by atoms with Gasteiger partial charge in [-0.05, 0) is 76.5 Å². The summed E-state index contributed by atoms with van der Waals surface area (Å²) in [4.78, 5) is 21.7. The van der Waals surface area contributed by atoms with Crippen molar-refractivity contribution in [1.29, 1.82) is 0 Å². The molecule has 2 fully saturated rings. The number of piperazine rings is 1. The number of nitrogens with one attached hydrogen (secondary N) is 1. The van der Waals surface area contributed by atoms with Gasteiger partial charge in [-0.3, -0.25) is 14.6 Å². The predicted molar refractivity (Wildman–Crippen MR) is 163 cm³/mol. The summed E-state index contributed by atoms with van der Waals surface area (Å²) >= 11 is 0. The molecule has 1 N–H and O–H groups in total. The molecule has 1 unspecified atom stereocenters. The molecule has 2 aromatic heterocycles. The number of H-pyrrole nitrogens is 1. The third-order valence-corrected chi connectivity index (χ3v) is 8.64. The molecular weight excluding hydrogens is 538 g/mol. The number of pyridine rings is 1. The van der Waals surface area contributed by atoms with Crippen LogP contribution in [0.4, 0.5) is 0 Å². The van der Waals surface area contributed by atoms with Crippen LogP contribution in [0.2, 0.25) is 0 Å². The summed E-state index contributed by atoms with van der Waals surface area (Å²) in [6.45, 7) is 6.44. The smallest absolute Gasteiger partial charge is 0.253 e. The number of nitrogens with zero attached hydrogens (tertiary/aromatic N) is 6. The van der Waals surface area contributed by atoms with E-state index in [0.29, 0.717) is 5.56 Å². The Bertz CT molecular complexity index is 1510. The van der Waals surface area contributed by atoms with Gasteiger partial charge in [0.25, 0.3) is 5.56 Å². The van der Waals surface area contributed by atoms with E-state index in [2.05, 4.69) is 67.6 Å². The van der Waals surface area contributed by atoms with Crippen molar-refractivity contribution in [2.75, 3.05) is 33.3 Å². The number of methoxy groups -OCH3 is 1. The van der Waals surface area contributed by atoms with Crippen molar-refractivity contribution in [3.8, 4) is 5.75 Å². The summed E-state index contributed by atoms with van der Waals surface area (Å²) < 4.78 is 7.45. The number of hydrogen-bond donors (Lipinski definition) is 1. The van der Waals surface area contributed by atoms with Gasteiger partial charge < -0.3 is 9.72 Å². The van der Waals surface area contributed by atoms with Crippen molar-refractivity contribution >= 4 is 23.3 Å². The van der Waals surface area contributed by atoms with Crippen LogP contribution in [0.3, 0.4) is 0 Å². The number of hydrogen-bond acceptors (Lipinski definition) is 7. The average molecular weight is 578 g/mol. The van der Waals surface area contributed by atoms with Crippen molar-refractivity contribution in [3.05, 3.63) is 81.4 Å². The maximum Gasteiger partial charge on any atom is 0.253 e. The fourth-order valence-electron chi connectivity index (χ4n) is 6.37. The molecule has 1 aliphatic carbocycles. The summed E-state index contributed by atoms with van der Waals surface area (Å²) in [5, 5.41) is 14.3. The Hall–Kier alpha value is -3.27. The first kappa shape index (κ1) is 29.2. The zero-order chi connectivity index (χ0) is 27.5. The van der Waals surface area contributed by atoms with Gasteiger partial charge in [0.1, 0.15) is 11.8 Å². The Labute approximate surface area is 247 Å². The second kappa shape index (κ2) is 13.1. The van der Waals surface area contributed by atoms with E-state index >= 15 is 0 Å². The van der Waals surface area contributed by atoms with E-state index in [-0.39, 0.29) is 30.0 Å². The van der Waals surface area contributed by atoms with Gasteiger partial charge in [-0.25, -0.2) is 4.68 Å². The lowest BCUT2D eigenvalue weighted by atomic mass is 9.95. The van der Waals surface area contributed by atoms with Crippen LogP contribution in [0.15, 0.2) is 53.3 Å². The predicted octanol–water partition coefficient (Wildman–Crippen LogP) is 4.92. The SMILES string of the molecule is CCc1ccc2[nH]c(=O)c(C(c3nnnn3C3CCCCC3)N3CCN(Cc4cccc(OC)c4)CC3)cc2c1.Cl. The number of aromatic nitrogens is 5. The van der Waals surface area contributed by atoms with Gasteiger partial charge in [0.2, 0.25) is 0 Å². The molecule has 1 saturated heterocycles. The zero-order valence-electron chi connectivity index (χ0n) is 24.0. The number of aryl methyl sites for hydroxylation is 1. The first-order valence-electron chi connectivity index (χ1n) is 14.7. The normalized spacial score (nSPS) is 17.8. The number of benzene rings is 2. The average Bonchev–Trinajstić information content (AvgIpc) is 3.48. The quantitative estimate of drug-likeness (QED) is 0.318. The lowest BCUT2D eigenvalue weighted by molar-refractivity contribution is 0.0982. The molecule has 4 aromatic rings. The van der Waals surface area contributed by atoms with Crippen LogP contribution in [-0.2, 0) is 13.0 Å². The summed E-state index contributed by atoms with van der Waals surface area (Å²) in [7, 11) is 1.70. The van der Waals surface area contributed by atoms with Crippen LogP contribution in [0.1, 0.15) is 73.6 Å². The molecule has 1 aliphatic heterocycles. The van der Waals surface area contributed by atoms with Gasteiger partial charge in [0.15, 0.2) is 5.82 Å². The van der Waals surface area contributed by atoms with E-state index in [1.54, 1.807) is 7.11 Å². The molecule has 2 aromatic carbocycles. The molecule has 10 heteroatoms. The largest absolute Gasteiger partial charge is 0.497 e. The lowest BCUT2D eigenvalue weighted by Gasteiger charge is -2.39. The summed E-state index contributed by atoms with van der Waals surface area (Å²) in [5.41, 5.74) is 4.00. The molecule has 3 heterocycles. The van der Waals surface area contributed by atoms with Crippen LogP contribution < -0.4 is 10.3 Å². The monoisotopic (exact) mass is 577 g/mol. The number of fused-ring (bicyclic) bond motifs is 1. The van der Waals surface area contributed by atoms with E-state index in [1.807, 2.05) is 22.9 Å². The first-order chi connectivity index (χ1) is 19.6. The third kappa shape index (κ3) is 6.32. The number of ether oxygens (including phenoxy) is 1. The molecule has 0 amide bonds. The van der Waals surface area contributed by atoms with Crippen molar-refractivity contribution in [1.82, 2.24) is 35.0 Å². The van der Waals surface area contributed by atoms with Crippen molar-refractivity contribution in [3.63, 3.8) is 0 Å². The van der Waals surface area contributed by atoms with E-state index < -0.39 is 0 Å². The number of rotatable bonds is 8. The molecule has 0 bridgehead atoms. The van der Waals surface area contributed by atoms with Gasteiger partial charge in [0.05, 0.1) is 13.2 Å².